The molecule has 1 aliphatic carbocycles. The minimum atomic E-state index is -0.770. The number of carbonyl (C=O) groups excluding carboxylic acids is 2. The van der Waals surface area contributed by atoms with Gasteiger partial charge in [-0.1, -0.05) is 25.0 Å². The molecule has 23 heavy (non-hydrogen) atoms. The predicted octanol–water partition coefficient (Wildman–Crippen LogP) is 2.85. The van der Waals surface area contributed by atoms with Crippen molar-refractivity contribution in [2.24, 2.45) is 5.10 Å². The second-order valence-electron chi connectivity index (χ2n) is 5.42. The van der Waals surface area contributed by atoms with Crippen LogP contribution in [0, 0.1) is 0 Å². The molecule has 0 spiro atoms. The molecule has 2 rings (SSSR count). The lowest BCUT2D eigenvalue weighted by atomic mass is 10.2. The van der Waals surface area contributed by atoms with Crippen LogP contribution in [-0.4, -0.2) is 24.1 Å². The van der Waals surface area contributed by atoms with Gasteiger partial charge in [0.15, 0.2) is 0 Å². The normalized spacial score (nSPS) is 14.6. The van der Waals surface area contributed by atoms with Crippen molar-refractivity contribution in [3.63, 3.8) is 0 Å². The van der Waals surface area contributed by atoms with Crippen molar-refractivity contribution in [1.82, 2.24) is 5.43 Å². The molecule has 1 aliphatic rings. The zero-order valence-electron chi connectivity index (χ0n) is 13.4. The summed E-state index contributed by atoms with van der Waals surface area (Å²) in [5, 5.41) is 6.64. The molecule has 1 fully saturated rings. The molecule has 0 radical (unpaired) electrons. The van der Waals surface area contributed by atoms with E-state index in [-0.39, 0.29) is 0 Å². The van der Waals surface area contributed by atoms with Gasteiger partial charge in [-0.25, -0.2) is 5.43 Å². The molecule has 2 N–H and O–H groups in total. The number of nitrogens with one attached hydrogen (secondary N) is 2. The van der Waals surface area contributed by atoms with Gasteiger partial charge >= 0.3 is 11.8 Å². The monoisotopic (exact) mass is 317 g/mol. The van der Waals surface area contributed by atoms with Gasteiger partial charge in [0.1, 0.15) is 5.75 Å². The first-order valence-corrected chi connectivity index (χ1v) is 8.09. The zero-order valence-corrected chi connectivity index (χ0v) is 13.4. The highest BCUT2D eigenvalue weighted by atomic mass is 16.5. The topological polar surface area (TPSA) is 79.8 Å². The Morgan fingerprint density at radius 2 is 1.78 bits per heavy atom. The Kier molecular flexibility index (Phi) is 6.59. The van der Waals surface area contributed by atoms with Crippen LogP contribution >= 0.6 is 0 Å². The van der Waals surface area contributed by atoms with Crippen molar-refractivity contribution in [1.29, 1.82) is 0 Å². The largest absolute Gasteiger partial charge is 0.492 e. The summed E-state index contributed by atoms with van der Waals surface area (Å²) >= 11 is 0. The second kappa shape index (κ2) is 8.92. The van der Waals surface area contributed by atoms with E-state index in [1.807, 2.05) is 6.92 Å². The number of nitrogens with zero attached hydrogens (tertiary/aromatic N) is 1. The third-order valence-electron chi connectivity index (χ3n) is 3.64. The van der Waals surface area contributed by atoms with Crippen LogP contribution in [-0.2, 0) is 9.59 Å². The smallest absolute Gasteiger partial charge is 0.329 e. The maximum absolute atomic E-state index is 12.0. The van der Waals surface area contributed by atoms with Gasteiger partial charge in [-0.05, 0) is 44.7 Å². The van der Waals surface area contributed by atoms with Crippen LogP contribution in [0.4, 0.5) is 5.69 Å². The van der Waals surface area contributed by atoms with E-state index in [1.54, 1.807) is 24.3 Å². The Balaban J connectivity index is 1.92. The van der Waals surface area contributed by atoms with Crippen molar-refractivity contribution >= 4 is 23.2 Å². The third kappa shape index (κ3) is 5.39. The van der Waals surface area contributed by atoms with Crippen molar-refractivity contribution < 1.29 is 14.3 Å². The molecule has 0 bridgehead atoms. The molecule has 0 aromatic heterocycles. The van der Waals surface area contributed by atoms with Gasteiger partial charge in [-0.2, -0.15) is 5.10 Å². The molecule has 1 aromatic rings. The van der Waals surface area contributed by atoms with Crippen LogP contribution in [0.5, 0.6) is 5.75 Å². The molecule has 0 aliphatic heterocycles. The lowest BCUT2D eigenvalue weighted by Gasteiger charge is -2.10. The van der Waals surface area contributed by atoms with Crippen LogP contribution < -0.4 is 15.5 Å². The Hall–Kier alpha value is -2.37. The summed E-state index contributed by atoms with van der Waals surface area (Å²) in [6, 6.07) is 7.00. The minimum absolute atomic E-state index is 0.469. The highest BCUT2D eigenvalue weighted by Gasteiger charge is 2.16. The molecule has 124 valence electrons. The lowest BCUT2D eigenvalue weighted by Crippen LogP contribution is -2.33. The SMILES string of the molecule is CCOc1ccccc1NC(=O)C(=O)NN=C1CCCCCC1. The average molecular weight is 317 g/mol. The fourth-order valence-corrected chi connectivity index (χ4v) is 2.46. The van der Waals surface area contributed by atoms with Gasteiger partial charge < -0.3 is 10.1 Å². The first-order valence-electron chi connectivity index (χ1n) is 8.09. The van der Waals surface area contributed by atoms with Gasteiger partial charge in [0.2, 0.25) is 0 Å². The van der Waals surface area contributed by atoms with Crippen molar-refractivity contribution in [3.05, 3.63) is 24.3 Å². The maximum Gasteiger partial charge on any atom is 0.329 e. The third-order valence-corrected chi connectivity index (χ3v) is 3.64. The number of benzene rings is 1. The summed E-state index contributed by atoms with van der Waals surface area (Å²) in [4.78, 5) is 23.8. The summed E-state index contributed by atoms with van der Waals surface area (Å²) in [5.74, 6) is -0.991. The first-order chi connectivity index (χ1) is 11.2. The summed E-state index contributed by atoms with van der Waals surface area (Å²) in [5.41, 5.74) is 3.77. The number of para-hydroxylation sites is 2. The molecule has 0 heterocycles. The Morgan fingerprint density at radius 1 is 1.09 bits per heavy atom. The van der Waals surface area contributed by atoms with E-state index < -0.39 is 11.8 Å². The van der Waals surface area contributed by atoms with E-state index in [4.69, 9.17) is 4.74 Å². The van der Waals surface area contributed by atoms with Crippen molar-refractivity contribution in [3.8, 4) is 5.75 Å². The average Bonchev–Trinajstić information content (AvgIpc) is 2.83. The molecule has 0 atom stereocenters. The number of carbonyl (C=O) groups is 2. The van der Waals surface area contributed by atoms with Crippen molar-refractivity contribution in [2.45, 2.75) is 45.4 Å². The number of ether oxygens (including phenoxy) is 1. The molecular formula is C17H23N3O3. The quantitative estimate of drug-likeness (QED) is 0.509. The van der Waals surface area contributed by atoms with Crippen LogP contribution in [0.15, 0.2) is 29.4 Å². The van der Waals surface area contributed by atoms with Gasteiger partial charge in [0.05, 0.1) is 12.3 Å². The van der Waals surface area contributed by atoms with E-state index in [1.165, 1.54) is 12.8 Å². The Bertz CT molecular complexity index is 574. The van der Waals surface area contributed by atoms with Gasteiger partial charge in [-0.3, -0.25) is 9.59 Å². The van der Waals surface area contributed by atoms with Crippen LogP contribution in [0.1, 0.15) is 45.4 Å². The molecule has 6 heteroatoms. The molecule has 0 saturated heterocycles. The standard InChI is InChI=1S/C17H23N3O3/c1-2-23-15-12-8-7-11-14(15)18-16(21)17(22)20-19-13-9-5-3-4-6-10-13/h7-8,11-12H,2-6,9-10H2,1H3,(H,18,21)(H,20,22). The van der Waals surface area contributed by atoms with Crippen LogP contribution in [0.25, 0.3) is 0 Å². The maximum atomic E-state index is 12.0. The highest BCUT2D eigenvalue weighted by molar-refractivity contribution is 6.39. The fraction of sp³-hybridized carbons (Fsp3) is 0.471. The molecule has 0 unspecified atom stereocenters. The zero-order chi connectivity index (χ0) is 16.5. The number of amides is 2. The number of anilines is 1. The highest BCUT2D eigenvalue weighted by Crippen LogP contribution is 2.23. The van der Waals surface area contributed by atoms with Gasteiger partial charge in [0.25, 0.3) is 0 Å². The lowest BCUT2D eigenvalue weighted by molar-refractivity contribution is -0.136. The first kappa shape index (κ1) is 17.0. The van der Waals surface area contributed by atoms with E-state index in [0.29, 0.717) is 18.0 Å². The number of rotatable bonds is 4. The van der Waals surface area contributed by atoms with Crippen LogP contribution in [0.3, 0.4) is 0 Å². The molecule has 6 nitrogen and oxygen atoms in total. The summed E-state index contributed by atoms with van der Waals surface area (Å²) in [6.07, 6.45) is 6.33. The van der Waals surface area contributed by atoms with E-state index in [2.05, 4.69) is 15.8 Å². The fourth-order valence-electron chi connectivity index (χ4n) is 2.46. The molecule has 1 saturated carbocycles. The van der Waals surface area contributed by atoms with Gasteiger partial charge in [-0.15, -0.1) is 0 Å². The van der Waals surface area contributed by atoms with E-state index >= 15 is 0 Å². The number of hydrogen-bond donors (Lipinski definition) is 2. The molecule has 1 aromatic carbocycles. The number of hydrogen-bond acceptors (Lipinski definition) is 4. The molecule has 2 amide bonds. The number of hydrazone groups is 1. The summed E-state index contributed by atoms with van der Waals surface area (Å²) < 4.78 is 5.41. The van der Waals surface area contributed by atoms with Crippen molar-refractivity contribution in [2.75, 3.05) is 11.9 Å². The molecular weight excluding hydrogens is 294 g/mol. The summed E-state index contributed by atoms with van der Waals surface area (Å²) in [6.45, 7) is 2.33. The van der Waals surface area contributed by atoms with Crippen LogP contribution in [0.2, 0.25) is 0 Å². The predicted molar refractivity (Wildman–Crippen MR) is 89.5 cm³/mol. The Labute approximate surface area is 136 Å². The van der Waals surface area contributed by atoms with Gasteiger partial charge in [0, 0.05) is 5.71 Å². The van der Waals surface area contributed by atoms with E-state index in [0.717, 1.165) is 31.4 Å². The second-order valence-corrected chi connectivity index (χ2v) is 5.42. The minimum Gasteiger partial charge on any atom is -0.492 e. The summed E-state index contributed by atoms with van der Waals surface area (Å²) in [7, 11) is 0. The van der Waals surface area contributed by atoms with E-state index in [9.17, 15) is 9.59 Å². The Morgan fingerprint density at radius 3 is 2.48 bits per heavy atom.